The van der Waals surface area contributed by atoms with Crippen LogP contribution in [0.4, 0.5) is 4.39 Å². The zero-order valence-corrected chi connectivity index (χ0v) is 15.0. The van der Waals surface area contributed by atoms with Gasteiger partial charge < -0.3 is 9.73 Å². The Morgan fingerprint density at radius 2 is 1.78 bits per heavy atom. The molecule has 0 atom stereocenters. The van der Waals surface area contributed by atoms with Gasteiger partial charge in [0.15, 0.2) is 5.76 Å². The molecule has 4 rings (SSSR count). The van der Waals surface area contributed by atoms with Crippen molar-refractivity contribution in [2.45, 2.75) is 38.1 Å². The highest BCUT2D eigenvalue weighted by molar-refractivity contribution is 6.00. The van der Waals surface area contributed by atoms with Crippen molar-refractivity contribution in [3.05, 3.63) is 66.1 Å². The summed E-state index contributed by atoms with van der Waals surface area (Å²) in [5, 5.41) is 3.14. The summed E-state index contributed by atoms with van der Waals surface area (Å²) in [5.41, 5.74) is 1.94. The van der Waals surface area contributed by atoms with Crippen LogP contribution in [0.2, 0.25) is 0 Å². The Labute approximate surface area is 157 Å². The van der Waals surface area contributed by atoms with Gasteiger partial charge >= 0.3 is 0 Å². The van der Waals surface area contributed by atoms with Crippen LogP contribution in [0.5, 0.6) is 0 Å². The zero-order chi connectivity index (χ0) is 18.6. The van der Waals surface area contributed by atoms with Crippen molar-refractivity contribution in [3.63, 3.8) is 0 Å². The first kappa shape index (κ1) is 17.5. The number of hydrogen-bond acceptors (Lipinski definition) is 3. The average molecular weight is 364 g/mol. The van der Waals surface area contributed by atoms with Crippen molar-refractivity contribution in [3.8, 4) is 22.8 Å². The molecule has 1 aromatic heterocycles. The first-order chi connectivity index (χ1) is 13.2. The minimum absolute atomic E-state index is 0.0981. The molecule has 5 heteroatoms. The highest BCUT2D eigenvalue weighted by Crippen LogP contribution is 2.28. The number of carbonyl (C=O) groups excluding carboxylic acids is 1. The highest BCUT2D eigenvalue weighted by atomic mass is 19.1. The van der Waals surface area contributed by atoms with Gasteiger partial charge in [-0.05, 0) is 49.2 Å². The Balaban J connectivity index is 1.59. The number of halogens is 1. The van der Waals surface area contributed by atoms with E-state index < -0.39 is 0 Å². The summed E-state index contributed by atoms with van der Waals surface area (Å²) in [5.74, 6) is 0.512. The molecule has 27 heavy (non-hydrogen) atoms. The van der Waals surface area contributed by atoms with E-state index in [1.54, 1.807) is 24.4 Å². The lowest BCUT2D eigenvalue weighted by atomic mass is 9.95. The first-order valence-corrected chi connectivity index (χ1v) is 9.33. The number of amides is 1. The van der Waals surface area contributed by atoms with Gasteiger partial charge in [0, 0.05) is 17.2 Å². The van der Waals surface area contributed by atoms with Gasteiger partial charge in [0.05, 0.1) is 11.8 Å². The smallest absolute Gasteiger partial charge is 0.252 e. The van der Waals surface area contributed by atoms with Gasteiger partial charge in [0.25, 0.3) is 5.91 Å². The Kier molecular flexibility index (Phi) is 5.01. The molecule has 1 amide bonds. The molecule has 3 aromatic rings. The van der Waals surface area contributed by atoms with Crippen LogP contribution in [0.1, 0.15) is 42.5 Å². The van der Waals surface area contributed by atoms with Gasteiger partial charge in [0.1, 0.15) is 5.82 Å². The van der Waals surface area contributed by atoms with Gasteiger partial charge in [-0.1, -0.05) is 31.4 Å². The highest BCUT2D eigenvalue weighted by Gasteiger charge is 2.20. The van der Waals surface area contributed by atoms with Crippen molar-refractivity contribution < 1.29 is 13.6 Å². The van der Waals surface area contributed by atoms with Crippen molar-refractivity contribution in [1.29, 1.82) is 0 Å². The van der Waals surface area contributed by atoms with Crippen molar-refractivity contribution in [2.75, 3.05) is 0 Å². The first-order valence-electron chi connectivity index (χ1n) is 9.33. The van der Waals surface area contributed by atoms with Crippen molar-refractivity contribution in [1.82, 2.24) is 10.3 Å². The topological polar surface area (TPSA) is 55.1 Å². The summed E-state index contributed by atoms with van der Waals surface area (Å²) >= 11 is 0. The quantitative estimate of drug-likeness (QED) is 0.691. The van der Waals surface area contributed by atoms with E-state index in [4.69, 9.17) is 4.42 Å². The third-order valence-corrected chi connectivity index (χ3v) is 4.98. The van der Waals surface area contributed by atoms with Crippen LogP contribution < -0.4 is 5.32 Å². The van der Waals surface area contributed by atoms with E-state index in [0.29, 0.717) is 22.8 Å². The molecular weight excluding hydrogens is 343 g/mol. The Morgan fingerprint density at radius 3 is 2.56 bits per heavy atom. The molecule has 1 aliphatic rings. The molecule has 1 N–H and O–H groups in total. The van der Waals surface area contributed by atoms with Crippen LogP contribution in [0.15, 0.2) is 59.1 Å². The average Bonchev–Trinajstić information content (AvgIpc) is 3.19. The predicted octanol–water partition coefficient (Wildman–Crippen LogP) is 5.21. The van der Waals surface area contributed by atoms with Gasteiger partial charge in [-0.25, -0.2) is 9.37 Å². The zero-order valence-electron chi connectivity index (χ0n) is 15.0. The standard InChI is InChI=1S/C22H21FN2O2/c23-16-12-10-15(11-13-16)20-14-24-22(27-20)19-9-5-4-8-18(19)21(26)25-17-6-2-1-3-7-17/h4-5,8-14,17H,1-3,6-7H2,(H,25,26). The van der Waals surface area contributed by atoms with Gasteiger partial charge in [0.2, 0.25) is 5.89 Å². The van der Waals surface area contributed by atoms with E-state index >= 15 is 0 Å². The minimum Gasteiger partial charge on any atom is -0.436 e. The maximum Gasteiger partial charge on any atom is 0.252 e. The third kappa shape index (κ3) is 3.92. The number of oxazole rings is 1. The molecule has 138 valence electrons. The fourth-order valence-electron chi connectivity index (χ4n) is 3.52. The van der Waals surface area contributed by atoms with E-state index in [-0.39, 0.29) is 17.8 Å². The van der Waals surface area contributed by atoms with Gasteiger partial charge in [-0.15, -0.1) is 0 Å². The van der Waals surface area contributed by atoms with E-state index in [0.717, 1.165) is 31.2 Å². The fourth-order valence-corrected chi connectivity index (χ4v) is 3.52. The van der Waals surface area contributed by atoms with Crippen molar-refractivity contribution in [2.24, 2.45) is 0 Å². The molecule has 0 bridgehead atoms. The maximum atomic E-state index is 13.1. The number of hydrogen-bond donors (Lipinski definition) is 1. The minimum atomic E-state index is -0.303. The summed E-state index contributed by atoms with van der Waals surface area (Å²) < 4.78 is 19.0. The van der Waals surface area contributed by atoms with E-state index in [9.17, 15) is 9.18 Å². The number of nitrogens with zero attached hydrogens (tertiary/aromatic N) is 1. The molecule has 0 unspecified atom stereocenters. The predicted molar refractivity (Wildman–Crippen MR) is 102 cm³/mol. The number of aromatic nitrogens is 1. The number of benzene rings is 2. The normalized spacial score (nSPS) is 14.9. The molecule has 0 saturated heterocycles. The van der Waals surface area contributed by atoms with E-state index in [1.807, 2.05) is 18.2 Å². The van der Waals surface area contributed by atoms with Gasteiger partial charge in [-0.2, -0.15) is 0 Å². The SMILES string of the molecule is O=C(NC1CCCCC1)c1ccccc1-c1ncc(-c2ccc(F)cc2)o1. The molecule has 4 nitrogen and oxygen atoms in total. The summed E-state index contributed by atoms with van der Waals surface area (Å²) in [4.78, 5) is 17.1. The molecule has 1 fully saturated rings. The Morgan fingerprint density at radius 1 is 1.04 bits per heavy atom. The van der Waals surface area contributed by atoms with Gasteiger partial charge in [-0.3, -0.25) is 4.79 Å². The lowest BCUT2D eigenvalue weighted by molar-refractivity contribution is 0.0928. The third-order valence-electron chi connectivity index (χ3n) is 4.98. The Hall–Kier alpha value is -2.95. The van der Waals surface area contributed by atoms with Crippen LogP contribution >= 0.6 is 0 Å². The fraction of sp³-hybridized carbons (Fsp3) is 0.273. The van der Waals surface area contributed by atoms with E-state index in [1.165, 1.54) is 18.6 Å². The second-order valence-corrected chi connectivity index (χ2v) is 6.89. The van der Waals surface area contributed by atoms with Crippen LogP contribution in [-0.4, -0.2) is 16.9 Å². The molecule has 0 aliphatic heterocycles. The summed E-state index contributed by atoms with van der Waals surface area (Å²) in [7, 11) is 0. The Bertz CT molecular complexity index is 927. The second-order valence-electron chi connectivity index (χ2n) is 6.89. The van der Waals surface area contributed by atoms with Crippen molar-refractivity contribution >= 4 is 5.91 Å². The molecule has 0 radical (unpaired) electrons. The largest absolute Gasteiger partial charge is 0.436 e. The monoisotopic (exact) mass is 364 g/mol. The van der Waals surface area contributed by atoms with Crippen LogP contribution in [0.3, 0.4) is 0 Å². The number of carbonyl (C=O) groups is 1. The molecule has 2 aromatic carbocycles. The molecule has 0 spiro atoms. The molecule has 1 heterocycles. The summed E-state index contributed by atoms with van der Waals surface area (Å²) in [6.45, 7) is 0. The molecule has 1 saturated carbocycles. The second kappa shape index (κ2) is 7.74. The van der Waals surface area contributed by atoms with Crippen LogP contribution in [0, 0.1) is 5.82 Å². The lowest BCUT2D eigenvalue weighted by Crippen LogP contribution is -2.36. The van der Waals surface area contributed by atoms with E-state index in [2.05, 4.69) is 10.3 Å². The maximum absolute atomic E-state index is 13.1. The van der Waals surface area contributed by atoms with Crippen LogP contribution in [0.25, 0.3) is 22.8 Å². The summed E-state index contributed by atoms with van der Waals surface area (Å²) in [6, 6.07) is 13.6. The van der Waals surface area contributed by atoms with Crippen LogP contribution in [-0.2, 0) is 0 Å². The number of rotatable bonds is 4. The lowest BCUT2D eigenvalue weighted by Gasteiger charge is -2.23. The molecule has 1 aliphatic carbocycles. The molecular formula is C22H21FN2O2. The number of nitrogens with one attached hydrogen (secondary N) is 1. The summed E-state index contributed by atoms with van der Waals surface area (Å²) in [6.07, 6.45) is 7.22.